The van der Waals surface area contributed by atoms with Crippen molar-refractivity contribution in [2.75, 3.05) is 17.7 Å². The summed E-state index contributed by atoms with van der Waals surface area (Å²) in [5.41, 5.74) is 9.46. The van der Waals surface area contributed by atoms with Gasteiger partial charge in [0.15, 0.2) is 6.66 Å². The minimum atomic E-state index is -1.64. The van der Waals surface area contributed by atoms with E-state index in [4.69, 9.17) is 10.3 Å². The van der Waals surface area contributed by atoms with Crippen molar-refractivity contribution in [2.24, 2.45) is 0 Å². The van der Waals surface area contributed by atoms with Gasteiger partial charge in [0.05, 0.1) is 11.4 Å². The van der Waals surface area contributed by atoms with Crippen molar-refractivity contribution in [2.45, 2.75) is 6.61 Å². The Balaban J connectivity index is 1.73. The van der Waals surface area contributed by atoms with E-state index in [1.54, 1.807) is 41.7 Å². The quantitative estimate of drug-likeness (QED) is 0.455. The Hall–Kier alpha value is -2.53. The SMILES string of the molecule is C[P+](=O)OCc1ccc(C(=O)Nc2cc(-c3cccs3)ccc2N)cc1. The normalized spacial score (nSPS) is 11.2. The smallest absolute Gasteiger partial charge is 0.397 e. The predicted octanol–water partition coefficient (Wildman–Crippen LogP) is 5.14. The molecule has 3 N–H and O–H groups in total. The molecule has 0 radical (unpaired) electrons. The summed E-state index contributed by atoms with van der Waals surface area (Å²) in [6.45, 7) is 1.76. The van der Waals surface area contributed by atoms with Gasteiger partial charge in [-0.15, -0.1) is 15.9 Å². The van der Waals surface area contributed by atoms with Crippen molar-refractivity contribution in [1.82, 2.24) is 0 Å². The number of anilines is 2. The van der Waals surface area contributed by atoms with Gasteiger partial charge in [-0.25, -0.2) is 0 Å². The third-order valence-electron chi connectivity index (χ3n) is 3.74. The van der Waals surface area contributed by atoms with Crippen LogP contribution in [-0.2, 0) is 15.7 Å². The summed E-state index contributed by atoms with van der Waals surface area (Å²) >= 11 is 1.63. The van der Waals surface area contributed by atoms with Crippen LogP contribution in [0.15, 0.2) is 60.0 Å². The van der Waals surface area contributed by atoms with Crippen LogP contribution in [0.2, 0.25) is 0 Å². The molecule has 0 saturated heterocycles. The number of thiophene rings is 1. The molecule has 1 unspecified atom stereocenters. The lowest BCUT2D eigenvalue weighted by Crippen LogP contribution is -2.13. The molecule has 1 atom stereocenters. The van der Waals surface area contributed by atoms with Gasteiger partial charge >= 0.3 is 8.03 Å². The molecule has 0 aliphatic rings. The molecule has 1 aromatic heterocycles. The topological polar surface area (TPSA) is 81.4 Å². The fourth-order valence-corrected chi connectivity index (χ4v) is 3.43. The zero-order chi connectivity index (χ0) is 18.5. The minimum absolute atomic E-state index is 0.242. The Morgan fingerprint density at radius 2 is 1.96 bits per heavy atom. The lowest BCUT2D eigenvalue weighted by Gasteiger charge is -2.10. The third kappa shape index (κ3) is 4.55. The molecule has 26 heavy (non-hydrogen) atoms. The van der Waals surface area contributed by atoms with Crippen molar-refractivity contribution < 1.29 is 13.9 Å². The van der Waals surface area contributed by atoms with Crippen molar-refractivity contribution in [3.63, 3.8) is 0 Å². The molecule has 7 heteroatoms. The van der Waals surface area contributed by atoms with E-state index in [1.807, 2.05) is 29.6 Å². The molecular weight excluding hydrogens is 367 g/mol. The number of amides is 1. The van der Waals surface area contributed by atoms with Gasteiger partial charge in [-0.05, 0) is 51.4 Å². The molecular formula is C19H18N2O3PS+. The molecule has 0 aliphatic carbocycles. The Kier molecular flexibility index (Phi) is 5.78. The summed E-state index contributed by atoms with van der Waals surface area (Å²) in [6, 6.07) is 16.6. The average Bonchev–Trinajstić information content (AvgIpc) is 3.17. The van der Waals surface area contributed by atoms with Crippen LogP contribution in [0.25, 0.3) is 10.4 Å². The standard InChI is InChI=1S/C19H17N2O3PS/c1-25(23)24-12-13-4-6-14(7-5-13)19(22)21-17-11-15(8-9-16(17)20)18-3-2-10-26-18/h2-11H,12,20H2,1H3/p+1. The second-order valence-corrected chi connectivity index (χ2v) is 7.73. The predicted molar refractivity (Wildman–Crippen MR) is 107 cm³/mol. The highest BCUT2D eigenvalue weighted by Crippen LogP contribution is 2.30. The van der Waals surface area contributed by atoms with Crippen LogP contribution in [-0.4, -0.2) is 12.6 Å². The van der Waals surface area contributed by atoms with Gasteiger partial charge in [-0.3, -0.25) is 4.79 Å². The summed E-state index contributed by atoms with van der Waals surface area (Å²) in [6.07, 6.45) is 0. The van der Waals surface area contributed by atoms with Gasteiger partial charge in [0.1, 0.15) is 6.61 Å². The van der Waals surface area contributed by atoms with Gasteiger partial charge < -0.3 is 11.1 Å². The Labute approximate surface area is 156 Å². The van der Waals surface area contributed by atoms with E-state index in [1.165, 1.54) is 6.66 Å². The molecule has 132 valence electrons. The van der Waals surface area contributed by atoms with Gasteiger partial charge in [0.25, 0.3) is 5.91 Å². The molecule has 2 aromatic carbocycles. The molecule has 3 aromatic rings. The van der Waals surface area contributed by atoms with Crippen LogP contribution >= 0.6 is 19.4 Å². The van der Waals surface area contributed by atoms with E-state index in [0.717, 1.165) is 16.0 Å². The van der Waals surface area contributed by atoms with Gasteiger partial charge in [-0.1, -0.05) is 24.3 Å². The maximum atomic E-state index is 12.5. The van der Waals surface area contributed by atoms with E-state index in [2.05, 4.69) is 5.32 Å². The van der Waals surface area contributed by atoms with Crippen LogP contribution in [0.3, 0.4) is 0 Å². The number of rotatable bonds is 6. The minimum Gasteiger partial charge on any atom is -0.397 e. The number of carbonyl (C=O) groups excluding carboxylic acids is 1. The summed E-state index contributed by atoms with van der Waals surface area (Å²) in [4.78, 5) is 13.6. The molecule has 3 rings (SSSR count). The largest absolute Gasteiger partial charge is 0.505 e. The number of benzene rings is 2. The highest BCUT2D eigenvalue weighted by Gasteiger charge is 2.11. The van der Waals surface area contributed by atoms with E-state index in [-0.39, 0.29) is 12.5 Å². The van der Waals surface area contributed by atoms with Crippen LogP contribution in [0, 0.1) is 0 Å². The number of hydrogen-bond donors (Lipinski definition) is 2. The van der Waals surface area contributed by atoms with E-state index in [9.17, 15) is 9.36 Å². The first-order valence-electron chi connectivity index (χ1n) is 7.90. The third-order valence-corrected chi connectivity index (χ3v) is 5.15. The monoisotopic (exact) mass is 385 g/mol. The first-order valence-corrected chi connectivity index (χ1v) is 10.4. The second kappa shape index (κ2) is 8.23. The molecule has 0 bridgehead atoms. The number of nitrogen functional groups attached to an aromatic ring is 1. The van der Waals surface area contributed by atoms with Crippen molar-refractivity contribution in [3.05, 3.63) is 71.1 Å². The number of nitrogens with one attached hydrogen (secondary N) is 1. The highest BCUT2D eigenvalue weighted by atomic mass is 32.1. The van der Waals surface area contributed by atoms with Crippen molar-refractivity contribution in [3.8, 4) is 10.4 Å². The highest BCUT2D eigenvalue weighted by molar-refractivity contribution is 7.38. The second-order valence-electron chi connectivity index (χ2n) is 5.64. The van der Waals surface area contributed by atoms with Gasteiger partial charge in [-0.2, -0.15) is 0 Å². The fraction of sp³-hybridized carbons (Fsp3) is 0.105. The first-order chi connectivity index (χ1) is 12.5. The number of nitrogens with two attached hydrogens (primary N) is 1. The molecule has 0 aliphatic heterocycles. The number of carbonyl (C=O) groups is 1. The lowest BCUT2D eigenvalue weighted by molar-refractivity contribution is 0.102. The zero-order valence-corrected chi connectivity index (χ0v) is 15.8. The summed E-state index contributed by atoms with van der Waals surface area (Å²) in [7, 11) is -1.64. The van der Waals surface area contributed by atoms with E-state index >= 15 is 0 Å². The number of hydrogen-bond acceptors (Lipinski definition) is 5. The Morgan fingerprint density at radius 1 is 1.19 bits per heavy atom. The molecule has 1 heterocycles. The Bertz CT molecular complexity index is 924. The van der Waals surface area contributed by atoms with Gasteiger partial charge in [0.2, 0.25) is 0 Å². The maximum absolute atomic E-state index is 12.5. The molecule has 0 fully saturated rings. The van der Waals surface area contributed by atoms with Crippen molar-refractivity contribution >= 4 is 36.6 Å². The molecule has 1 amide bonds. The molecule has 0 spiro atoms. The first kappa shape index (κ1) is 18.3. The summed E-state index contributed by atoms with van der Waals surface area (Å²) in [5.74, 6) is -0.242. The van der Waals surface area contributed by atoms with Gasteiger partial charge in [0, 0.05) is 10.4 Å². The maximum Gasteiger partial charge on any atom is 0.505 e. The van der Waals surface area contributed by atoms with Crippen LogP contribution < -0.4 is 11.1 Å². The van der Waals surface area contributed by atoms with E-state index in [0.29, 0.717) is 16.9 Å². The average molecular weight is 385 g/mol. The van der Waals surface area contributed by atoms with Crippen LogP contribution in [0.4, 0.5) is 11.4 Å². The molecule has 0 saturated carbocycles. The lowest BCUT2D eigenvalue weighted by atomic mass is 10.1. The van der Waals surface area contributed by atoms with Crippen LogP contribution in [0.1, 0.15) is 15.9 Å². The summed E-state index contributed by atoms with van der Waals surface area (Å²) < 4.78 is 16.1. The van der Waals surface area contributed by atoms with E-state index < -0.39 is 8.03 Å². The summed E-state index contributed by atoms with van der Waals surface area (Å²) in [5, 5.41) is 4.87. The Morgan fingerprint density at radius 3 is 2.62 bits per heavy atom. The zero-order valence-electron chi connectivity index (χ0n) is 14.1. The fourth-order valence-electron chi connectivity index (χ4n) is 2.37. The molecule has 5 nitrogen and oxygen atoms in total. The van der Waals surface area contributed by atoms with Crippen molar-refractivity contribution in [1.29, 1.82) is 0 Å². The van der Waals surface area contributed by atoms with Crippen LogP contribution in [0.5, 0.6) is 0 Å².